The van der Waals surface area contributed by atoms with E-state index in [4.69, 9.17) is 14.2 Å². The van der Waals surface area contributed by atoms with Crippen molar-refractivity contribution in [3.05, 3.63) is 53.5 Å². The number of nitrogens with one attached hydrogen (secondary N) is 1. The summed E-state index contributed by atoms with van der Waals surface area (Å²) >= 11 is 0. The van der Waals surface area contributed by atoms with Gasteiger partial charge in [-0.05, 0) is 52.2 Å². The Balaban J connectivity index is 1.72. The Morgan fingerprint density at radius 2 is 1.95 bits per heavy atom. The predicted octanol–water partition coefficient (Wildman–Crippen LogP) is 3.61. The minimum atomic E-state index is -4.24. The molecule has 13 heteroatoms. The van der Waals surface area contributed by atoms with Crippen molar-refractivity contribution >= 4 is 16.0 Å². The van der Waals surface area contributed by atoms with Crippen molar-refractivity contribution in [3.8, 4) is 17.4 Å². The number of methoxy groups -OCH3 is 1. The molecule has 0 saturated carbocycles. The van der Waals surface area contributed by atoms with Crippen molar-refractivity contribution in [3.63, 3.8) is 0 Å². The maximum Gasteiger partial charge on any atom is 0.262 e. The van der Waals surface area contributed by atoms with Crippen molar-refractivity contribution in [1.29, 1.82) is 0 Å². The first-order valence-corrected chi connectivity index (χ1v) is 13.8. The number of pyridine rings is 1. The first kappa shape index (κ1) is 27.6. The molecule has 12 nitrogen and oxygen atoms in total. The summed E-state index contributed by atoms with van der Waals surface area (Å²) in [4.78, 5) is 12.8. The molecule has 0 bridgehead atoms. The van der Waals surface area contributed by atoms with Gasteiger partial charge in [0, 0.05) is 25.1 Å². The number of anilines is 1. The van der Waals surface area contributed by atoms with Gasteiger partial charge >= 0.3 is 0 Å². The summed E-state index contributed by atoms with van der Waals surface area (Å²) in [6, 6.07) is 4.94. The Bertz CT molecular complexity index is 1370. The van der Waals surface area contributed by atoms with Gasteiger partial charge in [-0.1, -0.05) is 12.6 Å². The van der Waals surface area contributed by atoms with E-state index >= 15 is 0 Å². The second kappa shape index (κ2) is 11.5. The van der Waals surface area contributed by atoms with Crippen LogP contribution in [0.25, 0.3) is 11.5 Å². The highest BCUT2D eigenvalue weighted by Crippen LogP contribution is 2.33. The number of ether oxygens (including phenoxy) is 3. The predicted molar refractivity (Wildman–Crippen MR) is 141 cm³/mol. The Labute approximate surface area is 222 Å². The first-order valence-electron chi connectivity index (χ1n) is 12.3. The topological polar surface area (TPSA) is 143 Å². The molecular formula is C25H33N7O5S. The minimum Gasteiger partial charge on any atom is -0.481 e. The lowest BCUT2D eigenvalue weighted by atomic mass is 10.1. The van der Waals surface area contributed by atoms with Gasteiger partial charge in [0.2, 0.25) is 11.8 Å². The molecule has 1 aliphatic rings. The van der Waals surface area contributed by atoms with Gasteiger partial charge in [0.25, 0.3) is 10.0 Å². The van der Waals surface area contributed by atoms with Crippen molar-refractivity contribution in [2.45, 2.75) is 64.9 Å². The van der Waals surface area contributed by atoms with E-state index in [1.807, 2.05) is 13.8 Å². The average molecular weight is 544 g/mol. The lowest BCUT2D eigenvalue weighted by molar-refractivity contribution is 0.0275. The molecule has 0 radical (unpaired) electrons. The van der Waals surface area contributed by atoms with Crippen LogP contribution in [0.2, 0.25) is 0 Å². The summed E-state index contributed by atoms with van der Waals surface area (Å²) < 4.78 is 48.5. The third kappa shape index (κ3) is 6.00. The lowest BCUT2D eigenvalue weighted by Crippen LogP contribution is -2.27. The van der Waals surface area contributed by atoms with E-state index in [0.717, 1.165) is 18.4 Å². The molecule has 1 saturated heterocycles. The van der Waals surface area contributed by atoms with Crippen LogP contribution in [-0.2, 0) is 19.5 Å². The van der Waals surface area contributed by atoms with Crippen LogP contribution >= 0.6 is 0 Å². The summed E-state index contributed by atoms with van der Waals surface area (Å²) in [7, 11) is -2.72. The zero-order valence-electron chi connectivity index (χ0n) is 22.2. The standard InChI is InChI=1S/C25H33N7O5S/c1-15(2)37-22(23-26-13-16(3)14-27-23)18(5)38(33,34)31-25-30-29-24(19-9-7-11-21(28-19)35-6)32(25)17(4)20-10-8-12-36-20/h7,9,11,13-15,17,20,22H,5,8,10,12H2,1-4,6H3,(H,30,31)/t17-,20-,22+/m0/s1. The molecule has 0 aliphatic carbocycles. The van der Waals surface area contributed by atoms with Crippen molar-refractivity contribution in [1.82, 2.24) is 29.7 Å². The number of aromatic nitrogens is 6. The maximum atomic E-state index is 13.6. The fraction of sp³-hybridized carbons (Fsp3) is 0.480. The number of sulfonamides is 1. The highest BCUT2D eigenvalue weighted by Gasteiger charge is 2.34. The van der Waals surface area contributed by atoms with Gasteiger partial charge in [0.1, 0.15) is 5.69 Å². The van der Waals surface area contributed by atoms with Gasteiger partial charge in [-0.25, -0.2) is 28.1 Å². The first-order chi connectivity index (χ1) is 18.1. The smallest absolute Gasteiger partial charge is 0.262 e. The second-order valence-electron chi connectivity index (χ2n) is 9.33. The van der Waals surface area contributed by atoms with Crippen LogP contribution in [-0.4, -0.2) is 64.1 Å². The monoisotopic (exact) mass is 543 g/mol. The van der Waals surface area contributed by atoms with Gasteiger partial charge in [0.05, 0.1) is 30.3 Å². The quantitative estimate of drug-likeness (QED) is 0.381. The highest BCUT2D eigenvalue weighted by atomic mass is 32.2. The van der Waals surface area contributed by atoms with Gasteiger partial charge in [-0.2, -0.15) is 0 Å². The van der Waals surface area contributed by atoms with Crippen molar-refractivity contribution in [2.75, 3.05) is 18.4 Å². The minimum absolute atomic E-state index is 0.00175. The van der Waals surface area contributed by atoms with Crippen LogP contribution in [0.1, 0.15) is 57.1 Å². The number of hydrogen-bond acceptors (Lipinski definition) is 10. The van der Waals surface area contributed by atoms with Crippen LogP contribution in [0, 0.1) is 6.92 Å². The van der Waals surface area contributed by atoms with Crippen molar-refractivity contribution < 1.29 is 22.6 Å². The second-order valence-corrected chi connectivity index (χ2v) is 11.1. The molecule has 3 aromatic heterocycles. The average Bonchev–Trinajstić information content (AvgIpc) is 3.57. The van der Waals surface area contributed by atoms with Crippen LogP contribution in [0.15, 0.2) is 42.1 Å². The van der Waals surface area contributed by atoms with E-state index in [1.54, 1.807) is 49.0 Å². The van der Waals surface area contributed by atoms with E-state index < -0.39 is 16.1 Å². The van der Waals surface area contributed by atoms with Crippen LogP contribution in [0.3, 0.4) is 0 Å². The number of nitrogens with zero attached hydrogens (tertiary/aromatic N) is 6. The van der Waals surface area contributed by atoms with E-state index in [9.17, 15) is 8.42 Å². The third-order valence-electron chi connectivity index (χ3n) is 6.07. The molecule has 0 unspecified atom stereocenters. The summed E-state index contributed by atoms with van der Waals surface area (Å²) in [6.45, 7) is 11.8. The van der Waals surface area contributed by atoms with E-state index in [1.165, 1.54) is 7.11 Å². The van der Waals surface area contributed by atoms with E-state index in [2.05, 4.69) is 36.5 Å². The van der Waals surface area contributed by atoms with Crippen LogP contribution in [0.5, 0.6) is 5.88 Å². The molecule has 1 fully saturated rings. The van der Waals surface area contributed by atoms with Gasteiger partial charge in [0.15, 0.2) is 17.8 Å². The summed E-state index contributed by atoms with van der Waals surface area (Å²) in [6.07, 6.45) is 3.36. The van der Waals surface area contributed by atoms with Crippen molar-refractivity contribution in [2.24, 2.45) is 0 Å². The fourth-order valence-electron chi connectivity index (χ4n) is 4.14. The Morgan fingerprint density at radius 1 is 1.21 bits per heavy atom. The van der Waals surface area contributed by atoms with Gasteiger partial charge in [-0.3, -0.25) is 4.57 Å². The van der Waals surface area contributed by atoms with Gasteiger partial charge < -0.3 is 14.2 Å². The largest absolute Gasteiger partial charge is 0.481 e. The van der Waals surface area contributed by atoms with E-state index in [-0.39, 0.29) is 34.9 Å². The number of rotatable bonds is 11. The summed E-state index contributed by atoms with van der Waals surface area (Å²) in [5.41, 5.74) is 1.30. The Hall–Kier alpha value is -3.42. The molecule has 4 rings (SSSR count). The molecule has 0 spiro atoms. The normalized spacial score (nSPS) is 17.4. The molecule has 38 heavy (non-hydrogen) atoms. The maximum absolute atomic E-state index is 13.6. The molecule has 4 heterocycles. The Kier molecular flexibility index (Phi) is 8.38. The summed E-state index contributed by atoms with van der Waals surface area (Å²) in [5.74, 6) is 0.952. The molecule has 3 aromatic rings. The molecule has 1 N–H and O–H groups in total. The van der Waals surface area contributed by atoms with Crippen LogP contribution < -0.4 is 9.46 Å². The molecule has 204 valence electrons. The molecule has 0 amide bonds. The fourth-order valence-corrected chi connectivity index (χ4v) is 5.09. The number of aryl methyl sites for hydroxylation is 1. The number of hydrogen-bond donors (Lipinski definition) is 1. The molecule has 0 aromatic carbocycles. The SMILES string of the molecule is C=C([C@@H](OC(C)C)c1ncc(C)cn1)S(=O)(=O)Nc1nnc(-c2cccc(OC)n2)n1[C@@H](C)[C@@H]1CCCO1. The lowest BCUT2D eigenvalue weighted by Gasteiger charge is -2.24. The molecule has 1 aliphatic heterocycles. The van der Waals surface area contributed by atoms with E-state index in [0.29, 0.717) is 24.0 Å². The highest BCUT2D eigenvalue weighted by molar-refractivity contribution is 7.96. The summed E-state index contributed by atoms with van der Waals surface area (Å²) in [5, 5.41) is 8.47. The Morgan fingerprint density at radius 3 is 2.58 bits per heavy atom. The molecular weight excluding hydrogens is 510 g/mol. The zero-order valence-corrected chi connectivity index (χ0v) is 23.0. The van der Waals surface area contributed by atoms with Gasteiger partial charge in [-0.15, -0.1) is 10.2 Å². The molecule has 3 atom stereocenters. The zero-order chi connectivity index (χ0) is 27.4. The van der Waals surface area contributed by atoms with Crippen LogP contribution in [0.4, 0.5) is 5.95 Å². The third-order valence-corrected chi connectivity index (χ3v) is 7.43.